The normalized spacial score (nSPS) is 12.2. The third-order valence-corrected chi connectivity index (χ3v) is 2.41. The second-order valence-corrected chi connectivity index (χ2v) is 3.99. The second-order valence-electron chi connectivity index (χ2n) is 3.99. The fraction of sp³-hybridized carbons (Fsp3) is 0.400. The van der Waals surface area contributed by atoms with Crippen LogP contribution in [0.2, 0.25) is 0 Å². The van der Waals surface area contributed by atoms with Gasteiger partial charge < -0.3 is 9.51 Å². The van der Waals surface area contributed by atoms with Crippen molar-refractivity contribution < 1.29 is 5.11 Å². The zero-order chi connectivity index (χ0) is 10.2. The van der Waals surface area contributed by atoms with Crippen molar-refractivity contribution in [3.63, 3.8) is 0 Å². The number of hydrogen-bond donors (Lipinski definition) is 1. The van der Waals surface area contributed by atoms with Gasteiger partial charge in [0.2, 0.25) is 0 Å². The summed E-state index contributed by atoms with van der Waals surface area (Å²) in [5, 5.41) is 9.27. The van der Waals surface area contributed by atoms with Crippen molar-refractivity contribution in [2.24, 2.45) is 0 Å². The van der Waals surface area contributed by atoms with E-state index >= 15 is 0 Å². The van der Waals surface area contributed by atoms with Crippen molar-refractivity contribution in [3.05, 3.63) is 30.5 Å². The molecule has 0 saturated heterocycles. The fourth-order valence-corrected chi connectivity index (χ4v) is 1.42. The first-order valence-corrected chi connectivity index (χ1v) is 4.53. The molecule has 14 heavy (non-hydrogen) atoms. The average molecular weight is 191 g/mol. The van der Waals surface area contributed by atoms with Crippen LogP contribution >= 0.6 is 0 Å². The van der Waals surface area contributed by atoms with Crippen molar-refractivity contribution in [1.82, 2.24) is 14.4 Å². The van der Waals surface area contributed by atoms with Gasteiger partial charge in [0, 0.05) is 24.0 Å². The van der Waals surface area contributed by atoms with E-state index < -0.39 is 0 Å². The lowest BCUT2D eigenvalue weighted by atomic mass is 9.91. The molecule has 0 aromatic carbocycles. The third kappa shape index (κ3) is 1.28. The summed E-state index contributed by atoms with van der Waals surface area (Å²) in [5.41, 5.74) is 1.53. The Labute approximate surface area is 82.2 Å². The molecule has 0 aliphatic heterocycles. The number of imidazole rings is 1. The van der Waals surface area contributed by atoms with Gasteiger partial charge in [0.1, 0.15) is 0 Å². The van der Waals surface area contributed by atoms with E-state index in [-0.39, 0.29) is 12.0 Å². The van der Waals surface area contributed by atoms with E-state index in [4.69, 9.17) is 0 Å². The Kier molecular flexibility index (Phi) is 2.00. The molecule has 0 saturated carbocycles. The van der Waals surface area contributed by atoms with E-state index in [1.54, 1.807) is 18.6 Å². The van der Waals surface area contributed by atoms with Crippen LogP contribution < -0.4 is 0 Å². The lowest BCUT2D eigenvalue weighted by Crippen LogP contribution is -2.23. The van der Waals surface area contributed by atoms with Gasteiger partial charge in [-0.1, -0.05) is 13.8 Å². The maximum absolute atomic E-state index is 9.27. The molecule has 74 valence electrons. The molecule has 0 amide bonds. The highest BCUT2D eigenvalue weighted by molar-refractivity contribution is 5.38. The molecule has 0 aliphatic carbocycles. The maximum atomic E-state index is 9.27. The Hall–Kier alpha value is -1.42. The van der Waals surface area contributed by atoms with E-state index in [2.05, 4.69) is 9.97 Å². The van der Waals surface area contributed by atoms with E-state index in [0.717, 1.165) is 11.3 Å². The van der Waals surface area contributed by atoms with Crippen LogP contribution in [-0.4, -0.2) is 26.1 Å². The summed E-state index contributed by atoms with van der Waals surface area (Å²) in [7, 11) is 0. The van der Waals surface area contributed by atoms with Gasteiger partial charge in [-0.05, 0) is 0 Å². The Balaban J connectivity index is 2.64. The van der Waals surface area contributed by atoms with Crippen molar-refractivity contribution in [2.45, 2.75) is 19.3 Å². The fourth-order valence-electron chi connectivity index (χ4n) is 1.42. The van der Waals surface area contributed by atoms with Crippen LogP contribution in [0.25, 0.3) is 5.65 Å². The molecule has 4 heteroatoms. The Morgan fingerprint density at radius 2 is 2.21 bits per heavy atom. The minimum absolute atomic E-state index is 0.100. The quantitative estimate of drug-likeness (QED) is 0.770. The summed E-state index contributed by atoms with van der Waals surface area (Å²) in [6.07, 6.45) is 7.06. The summed E-state index contributed by atoms with van der Waals surface area (Å²) in [6, 6.07) is 0. The van der Waals surface area contributed by atoms with Crippen LogP contribution in [0, 0.1) is 0 Å². The van der Waals surface area contributed by atoms with Gasteiger partial charge in [0.15, 0.2) is 5.65 Å². The number of hydrogen-bond acceptors (Lipinski definition) is 3. The molecule has 2 aromatic heterocycles. The standard InChI is InChI=1S/C10H13N3O/c1-10(2,7-14)8-5-12-9-6-11-3-4-13(8)9/h3-6,14H,7H2,1-2H3. The largest absolute Gasteiger partial charge is 0.395 e. The van der Waals surface area contributed by atoms with Crippen LogP contribution in [0.4, 0.5) is 0 Å². The topological polar surface area (TPSA) is 50.4 Å². The minimum atomic E-state index is -0.277. The van der Waals surface area contributed by atoms with Gasteiger partial charge in [0.25, 0.3) is 0 Å². The molecule has 4 nitrogen and oxygen atoms in total. The second kappa shape index (κ2) is 3.06. The summed E-state index contributed by atoms with van der Waals surface area (Å²) in [6.45, 7) is 4.07. The van der Waals surface area contributed by atoms with Gasteiger partial charge in [-0.15, -0.1) is 0 Å². The molecule has 2 heterocycles. The Morgan fingerprint density at radius 1 is 1.43 bits per heavy atom. The number of fused-ring (bicyclic) bond motifs is 1. The Bertz CT molecular complexity index is 447. The average Bonchev–Trinajstić information content (AvgIpc) is 2.61. The van der Waals surface area contributed by atoms with Gasteiger partial charge in [-0.3, -0.25) is 4.98 Å². The smallest absolute Gasteiger partial charge is 0.155 e. The first kappa shape index (κ1) is 9.15. The zero-order valence-electron chi connectivity index (χ0n) is 8.31. The van der Waals surface area contributed by atoms with Crippen LogP contribution in [0.3, 0.4) is 0 Å². The van der Waals surface area contributed by atoms with Gasteiger partial charge in [0.05, 0.1) is 18.5 Å². The number of nitrogens with zero attached hydrogens (tertiary/aromatic N) is 3. The molecule has 0 aliphatic rings. The number of aliphatic hydroxyl groups is 1. The highest BCUT2D eigenvalue weighted by Gasteiger charge is 2.23. The highest BCUT2D eigenvalue weighted by Crippen LogP contribution is 2.22. The van der Waals surface area contributed by atoms with Crippen molar-refractivity contribution in [1.29, 1.82) is 0 Å². The van der Waals surface area contributed by atoms with Gasteiger partial charge >= 0.3 is 0 Å². The highest BCUT2D eigenvalue weighted by atomic mass is 16.3. The SMILES string of the molecule is CC(C)(CO)c1cnc2cnccn12. The Morgan fingerprint density at radius 3 is 2.93 bits per heavy atom. The summed E-state index contributed by atoms with van der Waals surface area (Å²) in [4.78, 5) is 8.21. The van der Waals surface area contributed by atoms with Crippen molar-refractivity contribution >= 4 is 5.65 Å². The first-order valence-electron chi connectivity index (χ1n) is 4.53. The molecule has 1 N–H and O–H groups in total. The third-order valence-electron chi connectivity index (χ3n) is 2.41. The molecule has 0 spiro atoms. The zero-order valence-corrected chi connectivity index (χ0v) is 8.31. The van der Waals surface area contributed by atoms with Gasteiger partial charge in [-0.2, -0.15) is 0 Å². The first-order chi connectivity index (χ1) is 6.65. The lowest BCUT2D eigenvalue weighted by molar-refractivity contribution is 0.214. The monoisotopic (exact) mass is 191 g/mol. The van der Waals surface area contributed by atoms with Crippen LogP contribution in [0.15, 0.2) is 24.8 Å². The van der Waals surface area contributed by atoms with Crippen LogP contribution in [-0.2, 0) is 5.41 Å². The molecule has 0 bridgehead atoms. The summed E-state index contributed by atoms with van der Waals surface area (Å²) < 4.78 is 1.95. The molecule has 0 atom stereocenters. The lowest BCUT2D eigenvalue weighted by Gasteiger charge is -2.20. The van der Waals surface area contributed by atoms with E-state index in [9.17, 15) is 5.11 Å². The van der Waals surface area contributed by atoms with Gasteiger partial charge in [-0.25, -0.2) is 4.98 Å². The van der Waals surface area contributed by atoms with Crippen LogP contribution in [0.1, 0.15) is 19.5 Å². The predicted octanol–water partition coefficient (Wildman–Crippen LogP) is 0.999. The molecule has 0 radical (unpaired) electrons. The van der Waals surface area contributed by atoms with Crippen molar-refractivity contribution in [3.8, 4) is 0 Å². The summed E-state index contributed by atoms with van der Waals surface area (Å²) in [5.74, 6) is 0. The molecule has 2 rings (SSSR count). The molecular weight excluding hydrogens is 178 g/mol. The minimum Gasteiger partial charge on any atom is -0.395 e. The maximum Gasteiger partial charge on any atom is 0.155 e. The predicted molar refractivity (Wildman–Crippen MR) is 53.1 cm³/mol. The molecule has 0 unspecified atom stereocenters. The molecule has 2 aromatic rings. The number of rotatable bonds is 2. The number of aromatic nitrogens is 3. The number of aliphatic hydroxyl groups excluding tert-OH is 1. The van der Waals surface area contributed by atoms with Crippen molar-refractivity contribution in [2.75, 3.05) is 6.61 Å². The summed E-state index contributed by atoms with van der Waals surface area (Å²) >= 11 is 0. The van der Waals surface area contributed by atoms with E-state index in [1.165, 1.54) is 0 Å². The molecule has 0 fully saturated rings. The van der Waals surface area contributed by atoms with E-state index in [0.29, 0.717) is 0 Å². The molecular formula is C10H13N3O. The van der Waals surface area contributed by atoms with E-state index in [1.807, 2.05) is 24.4 Å². The van der Waals surface area contributed by atoms with Crippen LogP contribution in [0.5, 0.6) is 0 Å².